The molecule has 1 aromatic heterocycles. The summed E-state index contributed by atoms with van der Waals surface area (Å²) in [6, 6.07) is 5.25. The van der Waals surface area contributed by atoms with Crippen molar-refractivity contribution >= 4 is 17.7 Å². The van der Waals surface area contributed by atoms with Gasteiger partial charge in [-0.2, -0.15) is 18.3 Å². The predicted molar refractivity (Wildman–Crippen MR) is 64.9 cm³/mol. The Hall–Kier alpha value is -2.84. The quantitative estimate of drug-likeness (QED) is 0.811. The van der Waals surface area contributed by atoms with E-state index < -0.39 is 29.2 Å². The van der Waals surface area contributed by atoms with Crippen molar-refractivity contribution in [1.29, 1.82) is 0 Å². The Labute approximate surface area is 115 Å². The third-order valence-electron chi connectivity index (χ3n) is 2.53. The number of carboxylic acids is 1. The highest BCUT2D eigenvalue weighted by Gasteiger charge is 2.34. The van der Waals surface area contributed by atoms with Gasteiger partial charge >= 0.3 is 12.1 Å². The SMILES string of the molecule is O=C(O)c1cc(NC(=O)c2ccccc2C(F)(F)F)n[nH]1. The van der Waals surface area contributed by atoms with Gasteiger partial charge in [-0.15, -0.1) is 0 Å². The molecule has 0 saturated carbocycles. The van der Waals surface area contributed by atoms with Crippen molar-refractivity contribution in [3.05, 3.63) is 47.2 Å². The third kappa shape index (κ3) is 3.19. The van der Waals surface area contributed by atoms with E-state index in [1.807, 2.05) is 0 Å². The normalized spacial score (nSPS) is 11.2. The molecular formula is C12H8F3N3O3. The van der Waals surface area contributed by atoms with Crippen molar-refractivity contribution < 1.29 is 27.9 Å². The second kappa shape index (κ2) is 5.27. The number of halogens is 3. The predicted octanol–water partition coefficient (Wildman–Crippen LogP) is 2.38. The molecule has 0 unspecified atom stereocenters. The molecule has 0 aliphatic heterocycles. The number of H-pyrrole nitrogens is 1. The fourth-order valence-corrected chi connectivity index (χ4v) is 1.61. The first kappa shape index (κ1) is 14.6. The zero-order valence-electron chi connectivity index (χ0n) is 10.2. The first-order valence-electron chi connectivity index (χ1n) is 5.55. The molecule has 0 bridgehead atoms. The molecule has 0 atom stereocenters. The van der Waals surface area contributed by atoms with E-state index in [1.165, 1.54) is 6.07 Å². The van der Waals surface area contributed by atoms with Crippen molar-refractivity contribution in [3.63, 3.8) is 0 Å². The highest BCUT2D eigenvalue weighted by Crippen LogP contribution is 2.32. The Kier molecular flexibility index (Phi) is 3.66. The highest BCUT2D eigenvalue weighted by molar-refractivity contribution is 6.05. The number of hydrogen-bond acceptors (Lipinski definition) is 3. The number of aromatic nitrogens is 2. The maximum absolute atomic E-state index is 12.8. The molecule has 2 rings (SSSR count). The molecule has 0 fully saturated rings. The molecule has 1 aromatic carbocycles. The van der Waals surface area contributed by atoms with E-state index in [0.29, 0.717) is 0 Å². The Bertz CT molecular complexity index is 694. The lowest BCUT2D eigenvalue weighted by Crippen LogP contribution is -2.18. The molecular weight excluding hydrogens is 291 g/mol. The van der Waals surface area contributed by atoms with Gasteiger partial charge in [0, 0.05) is 6.07 Å². The topological polar surface area (TPSA) is 95.1 Å². The van der Waals surface area contributed by atoms with Gasteiger partial charge in [0.15, 0.2) is 5.82 Å². The molecule has 0 aliphatic carbocycles. The first-order valence-corrected chi connectivity index (χ1v) is 5.55. The third-order valence-corrected chi connectivity index (χ3v) is 2.53. The summed E-state index contributed by atoms with van der Waals surface area (Å²) in [5.74, 6) is -2.53. The summed E-state index contributed by atoms with van der Waals surface area (Å²) in [5, 5.41) is 16.4. The first-order chi connectivity index (χ1) is 9.79. The largest absolute Gasteiger partial charge is 0.477 e. The van der Waals surface area contributed by atoms with Crippen LogP contribution in [0, 0.1) is 0 Å². The van der Waals surface area contributed by atoms with Gasteiger partial charge < -0.3 is 10.4 Å². The van der Waals surface area contributed by atoms with Gasteiger partial charge in [-0.05, 0) is 12.1 Å². The summed E-state index contributed by atoms with van der Waals surface area (Å²) in [4.78, 5) is 22.5. The Morgan fingerprint density at radius 2 is 1.90 bits per heavy atom. The van der Waals surface area contributed by atoms with Crippen LogP contribution < -0.4 is 5.32 Å². The number of rotatable bonds is 3. The number of alkyl halides is 3. The molecule has 1 heterocycles. The zero-order valence-corrected chi connectivity index (χ0v) is 10.2. The summed E-state index contributed by atoms with van der Waals surface area (Å²) in [6.07, 6.45) is -4.67. The fourth-order valence-electron chi connectivity index (χ4n) is 1.61. The van der Waals surface area contributed by atoms with Crippen molar-refractivity contribution in [1.82, 2.24) is 10.2 Å². The van der Waals surface area contributed by atoms with Gasteiger partial charge in [0.05, 0.1) is 11.1 Å². The van der Waals surface area contributed by atoms with Crippen molar-refractivity contribution in [2.75, 3.05) is 5.32 Å². The minimum Gasteiger partial charge on any atom is -0.477 e. The van der Waals surface area contributed by atoms with Crippen LogP contribution in [0.15, 0.2) is 30.3 Å². The average molecular weight is 299 g/mol. The van der Waals surface area contributed by atoms with E-state index in [0.717, 1.165) is 24.3 Å². The van der Waals surface area contributed by atoms with Crippen LogP contribution in [0.3, 0.4) is 0 Å². The maximum atomic E-state index is 12.8. The van der Waals surface area contributed by atoms with E-state index in [-0.39, 0.29) is 11.5 Å². The lowest BCUT2D eigenvalue weighted by Gasteiger charge is -2.11. The number of carboxylic acid groups (broad SMARTS) is 1. The van der Waals surface area contributed by atoms with Crippen LogP contribution in [0.25, 0.3) is 0 Å². The lowest BCUT2D eigenvalue weighted by atomic mass is 10.1. The summed E-state index contributed by atoms with van der Waals surface area (Å²) >= 11 is 0. The van der Waals surface area contributed by atoms with Crippen LogP contribution in [-0.2, 0) is 6.18 Å². The summed E-state index contributed by atoms with van der Waals surface area (Å²) in [6.45, 7) is 0. The Morgan fingerprint density at radius 3 is 2.48 bits per heavy atom. The van der Waals surface area contributed by atoms with Crippen molar-refractivity contribution in [2.45, 2.75) is 6.18 Å². The molecule has 110 valence electrons. The molecule has 0 saturated heterocycles. The molecule has 3 N–H and O–H groups in total. The second-order valence-electron chi connectivity index (χ2n) is 3.97. The van der Waals surface area contributed by atoms with Crippen LogP contribution in [0.5, 0.6) is 0 Å². The van der Waals surface area contributed by atoms with E-state index in [9.17, 15) is 22.8 Å². The van der Waals surface area contributed by atoms with Crippen LogP contribution in [-0.4, -0.2) is 27.2 Å². The van der Waals surface area contributed by atoms with Crippen LogP contribution in [0.1, 0.15) is 26.4 Å². The fraction of sp³-hybridized carbons (Fsp3) is 0.0833. The molecule has 1 amide bonds. The molecule has 9 heteroatoms. The van der Waals surface area contributed by atoms with Gasteiger partial charge in [-0.1, -0.05) is 12.1 Å². The van der Waals surface area contributed by atoms with Crippen LogP contribution in [0.2, 0.25) is 0 Å². The van der Waals surface area contributed by atoms with Crippen LogP contribution in [0.4, 0.5) is 19.0 Å². The van der Waals surface area contributed by atoms with Gasteiger partial charge in [-0.3, -0.25) is 9.89 Å². The van der Waals surface area contributed by atoms with E-state index in [2.05, 4.69) is 15.5 Å². The van der Waals surface area contributed by atoms with E-state index in [4.69, 9.17) is 5.11 Å². The van der Waals surface area contributed by atoms with E-state index in [1.54, 1.807) is 0 Å². The molecule has 0 radical (unpaired) electrons. The minimum absolute atomic E-state index is 0.186. The minimum atomic E-state index is -4.67. The number of anilines is 1. The van der Waals surface area contributed by atoms with Gasteiger partial charge in [0.2, 0.25) is 0 Å². The number of nitrogens with one attached hydrogen (secondary N) is 2. The van der Waals surface area contributed by atoms with Crippen molar-refractivity contribution in [3.8, 4) is 0 Å². The summed E-state index contributed by atoms with van der Waals surface area (Å²) in [5.41, 5.74) is -1.96. The number of carbonyl (C=O) groups excluding carboxylic acids is 1. The number of carbonyl (C=O) groups is 2. The molecule has 21 heavy (non-hydrogen) atoms. The number of aromatic amines is 1. The van der Waals surface area contributed by atoms with Crippen molar-refractivity contribution in [2.24, 2.45) is 0 Å². The Balaban J connectivity index is 2.26. The summed E-state index contributed by atoms with van der Waals surface area (Å²) in [7, 11) is 0. The average Bonchev–Trinajstić information content (AvgIpc) is 2.86. The molecule has 2 aromatic rings. The van der Waals surface area contributed by atoms with Crippen LogP contribution >= 0.6 is 0 Å². The lowest BCUT2D eigenvalue weighted by molar-refractivity contribution is -0.137. The second-order valence-corrected chi connectivity index (χ2v) is 3.97. The number of benzene rings is 1. The monoisotopic (exact) mass is 299 g/mol. The molecule has 0 spiro atoms. The smallest absolute Gasteiger partial charge is 0.417 e. The zero-order chi connectivity index (χ0) is 15.6. The number of aromatic carboxylic acids is 1. The van der Waals surface area contributed by atoms with Gasteiger partial charge in [-0.25, -0.2) is 4.79 Å². The maximum Gasteiger partial charge on any atom is 0.417 e. The Morgan fingerprint density at radius 1 is 1.24 bits per heavy atom. The standard InChI is InChI=1S/C12H8F3N3O3/c13-12(14,15)7-4-2-1-3-6(7)10(19)16-9-5-8(11(20)21)17-18-9/h1-5H,(H,20,21)(H2,16,17,18,19). The number of nitrogens with zero attached hydrogens (tertiary/aromatic N) is 1. The van der Waals surface area contributed by atoms with Gasteiger partial charge in [0.1, 0.15) is 5.69 Å². The van der Waals surface area contributed by atoms with E-state index >= 15 is 0 Å². The number of amides is 1. The molecule has 0 aliphatic rings. The highest BCUT2D eigenvalue weighted by atomic mass is 19.4. The van der Waals surface area contributed by atoms with Gasteiger partial charge in [0.25, 0.3) is 5.91 Å². The number of hydrogen-bond donors (Lipinski definition) is 3. The molecule has 6 nitrogen and oxygen atoms in total. The summed E-state index contributed by atoms with van der Waals surface area (Å²) < 4.78 is 38.3.